The molecular formula is C20H17N5O4S. The number of amides is 1. The van der Waals surface area contributed by atoms with Crippen molar-refractivity contribution < 1.29 is 18.8 Å². The number of ether oxygens (including phenoxy) is 2. The molecule has 0 unspecified atom stereocenters. The fraction of sp³-hybridized carbons (Fsp3) is 0.150. The van der Waals surface area contributed by atoms with Gasteiger partial charge in [0.25, 0.3) is 11.8 Å². The van der Waals surface area contributed by atoms with E-state index in [1.165, 1.54) is 11.3 Å². The molecule has 1 aromatic carbocycles. The molecule has 152 valence electrons. The maximum absolute atomic E-state index is 12.5. The van der Waals surface area contributed by atoms with Crippen molar-refractivity contribution in [2.45, 2.75) is 6.54 Å². The third kappa shape index (κ3) is 4.13. The van der Waals surface area contributed by atoms with Crippen LogP contribution in [0.1, 0.15) is 15.4 Å². The van der Waals surface area contributed by atoms with Crippen molar-refractivity contribution in [1.82, 2.24) is 25.4 Å². The Hall–Kier alpha value is -3.79. The average molecular weight is 423 g/mol. The first-order valence-electron chi connectivity index (χ1n) is 8.87. The Labute approximate surface area is 175 Å². The molecule has 0 aliphatic carbocycles. The standard InChI is InChI=1S/C20H17N5O4S/c1-27-15-4-3-12(9-16(15)28-2)10-22-18(26)20-23-14(11-30-20)19-24-17(25-29-19)13-5-7-21-8-6-13/h3-9,11H,10H2,1-2H3,(H,22,26). The van der Waals surface area contributed by atoms with Crippen LogP contribution in [-0.4, -0.2) is 40.2 Å². The van der Waals surface area contributed by atoms with E-state index < -0.39 is 0 Å². The summed E-state index contributed by atoms with van der Waals surface area (Å²) in [5.74, 6) is 1.61. The van der Waals surface area contributed by atoms with Crippen molar-refractivity contribution in [1.29, 1.82) is 0 Å². The Morgan fingerprint density at radius 1 is 1.10 bits per heavy atom. The molecule has 3 aromatic heterocycles. The third-order valence-corrected chi connectivity index (χ3v) is 5.02. The molecule has 0 aliphatic heterocycles. The average Bonchev–Trinajstić information content (AvgIpc) is 3.47. The van der Waals surface area contributed by atoms with Gasteiger partial charge in [0.2, 0.25) is 5.82 Å². The van der Waals surface area contributed by atoms with Gasteiger partial charge in [0, 0.05) is 29.9 Å². The number of rotatable bonds is 7. The first-order valence-corrected chi connectivity index (χ1v) is 9.75. The molecule has 0 radical (unpaired) electrons. The zero-order valence-electron chi connectivity index (χ0n) is 16.2. The number of nitrogens with zero attached hydrogens (tertiary/aromatic N) is 4. The van der Waals surface area contributed by atoms with E-state index in [1.807, 2.05) is 12.1 Å². The van der Waals surface area contributed by atoms with Gasteiger partial charge in [0.05, 0.1) is 14.2 Å². The zero-order chi connectivity index (χ0) is 20.9. The number of hydrogen-bond donors (Lipinski definition) is 1. The van der Waals surface area contributed by atoms with Crippen LogP contribution in [0.5, 0.6) is 11.5 Å². The van der Waals surface area contributed by atoms with E-state index >= 15 is 0 Å². The topological polar surface area (TPSA) is 112 Å². The lowest BCUT2D eigenvalue weighted by Gasteiger charge is -2.09. The van der Waals surface area contributed by atoms with Crippen LogP contribution >= 0.6 is 11.3 Å². The molecule has 0 saturated carbocycles. The van der Waals surface area contributed by atoms with Crippen LogP contribution in [-0.2, 0) is 6.54 Å². The van der Waals surface area contributed by atoms with Gasteiger partial charge in [-0.25, -0.2) is 4.98 Å². The van der Waals surface area contributed by atoms with Gasteiger partial charge >= 0.3 is 0 Å². The van der Waals surface area contributed by atoms with Crippen LogP contribution in [0.3, 0.4) is 0 Å². The number of benzene rings is 1. The summed E-state index contributed by atoms with van der Waals surface area (Å²) >= 11 is 1.20. The van der Waals surface area contributed by atoms with Gasteiger partial charge in [0.1, 0.15) is 5.69 Å². The highest BCUT2D eigenvalue weighted by Crippen LogP contribution is 2.27. The van der Waals surface area contributed by atoms with Gasteiger partial charge < -0.3 is 19.3 Å². The minimum Gasteiger partial charge on any atom is -0.493 e. The van der Waals surface area contributed by atoms with Gasteiger partial charge in [-0.3, -0.25) is 9.78 Å². The number of carbonyl (C=O) groups is 1. The normalized spacial score (nSPS) is 10.6. The summed E-state index contributed by atoms with van der Waals surface area (Å²) in [5, 5.41) is 8.79. The van der Waals surface area contributed by atoms with Gasteiger partial charge in [-0.15, -0.1) is 11.3 Å². The Bertz CT molecular complexity index is 1160. The van der Waals surface area contributed by atoms with Gasteiger partial charge in [-0.2, -0.15) is 4.98 Å². The maximum Gasteiger partial charge on any atom is 0.280 e. The Morgan fingerprint density at radius 3 is 2.67 bits per heavy atom. The van der Waals surface area contributed by atoms with Crippen molar-refractivity contribution in [3.63, 3.8) is 0 Å². The summed E-state index contributed by atoms with van der Waals surface area (Å²) in [5.41, 5.74) is 2.10. The number of carbonyl (C=O) groups excluding carboxylic acids is 1. The molecule has 3 heterocycles. The first-order chi connectivity index (χ1) is 14.7. The van der Waals surface area contributed by atoms with E-state index in [4.69, 9.17) is 14.0 Å². The second-order valence-electron chi connectivity index (χ2n) is 6.07. The largest absolute Gasteiger partial charge is 0.493 e. The predicted molar refractivity (Wildman–Crippen MR) is 109 cm³/mol. The molecule has 4 rings (SSSR count). The molecule has 30 heavy (non-hydrogen) atoms. The lowest BCUT2D eigenvalue weighted by molar-refractivity contribution is 0.0950. The summed E-state index contributed by atoms with van der Waals surface area (Å²) in [6, 6.07) is 9.02. The van der Waals surface area contributed by atoms with Gasteiger partial charge in [0.15, 0.2) is 16.5 Å². The monoisotopic (exact) mass is 423 g/mol. The lowest BCUT2D eigenvalue weighted by Crippen LogP contribution is -2.22. The molecule has 0 bridgehead atoms. The molecule has 10 heteroatoms. The summed E-state index contributed by atoms with van der Waals surface area (Å²) in [7, 11) is 3.14. The number of thiazole rings is 1. The SMILES string of the molecule is COc1ccc(CNC(=O)c2nc(-c3nc(-c4ccncc4)no3)cs2)cc1OC. The van der Waals surface area contributed by atoms with Crippen molar-refractivity contribution in [3.05, 3.63) is 58.7 Å². The highest BCUT2D eigenvalue weighted by atomic mass is 32.1. The quantitative estimate of drug-likeness (QED) is 0.482. The highest BCUT2D eigenvalue weighted by Gasteiger charge is 2.17. The van der Waals surface area contributed by atoms with Crippen molar-refractivity contribution >= 4 is 17.2 Å². The molecule has 0 spiro atoms. The van der Waals surface area contributed by atoms with Crippen LogP contribution in [0.15, 0.2) is 52.6 Å². The zero-order valence-corrected chi connectivity index (χ0v) is 17.0. The lowest BCUT2D eigenvalue weighted by atomic mass is 10.2. The Kier molecular flexibility index (Phi) is 5.66. The number of hydrogen-bond acceptors (Lipinski definition) is 9. The number of aromatic nitrogens is 4. The molecule has 9 nitrogen and oxygen atoms in total. The van der Waals surface area contributed by atoms with Gasteiger partial charge in [-0.05, 0) is 29.8 Å². The molecule has 4 aromatic rings. The van der Waals surface area contributed by atoms with E-state index in [-0.39, 0.29) is 11.8 Å². The van der Waals surface area contributed by atoms with Crippen LogP contribution in [0.4, 0.5) is 0 Å². The Balaban J connectivity index is 1.43. The predicted octanol–water partition coefficient (Wildman–Crippen LogP) is 3.20. The highest BCUT2D eigenvalue weighted by molar-refractivity contribution is 7.12. The molecule has 0 saturated heterocycles. The Morgan fingerprint density at radius 2 is 1.90 bits per heavy atom. The van der Waals surface area contributed by atoms with E-state index in [2.05, 4.69) is 25.4 Å². The van der Waals surface area contributed by atoms with Crippen LogP contribution in [0, 0.1) is 0 Å². The second-order valence-corrected chi connectivity index (χ2v) is 6.93. The maximum atomic E-state index is 12.5. The molecule has 0 fully saturated rings. The van der Waals surface area contributed by atoms with Gasteiger partial charge in [-0.1, -0.05) is 11.2 Å². The van der Waals surface area contributed by atoms with Crippen molar-refractivity contribution in [2.24, 2.45) is 0 Å². The minimum atomic E-state index is -0.296. The first kappa shape index (κ1) is 19.5. The minimum absolute atomic E-state index is 0.247. The fourth-order valence-electron chi connectivity index (χ4n) is 2.67. The molecular weight excluding hydrogens is 406 g/mol. The molecule has 0 aliphatic rings. The van der Waals surface area contributed by atoms with Crippen molar-refractivity contribution in [3.8, 4) is 34.5 Å². The summed E-state index contributed by atoms with van der Waals surface area (Å²) in [6.45, 7) is 0.320. The number of nitrogens with one attached hydrogen (secondary N) is 1. The van der Waals surface area contributed by atoms with Crippen LogP contribution in [0.2, 0.25) is 0 Å². The summed E-state index contributed by atoms with van der Waals surface area (Å²) in [6.07, 6.45) is 3.30. The third-order valence-electron chi connectivity index (χ3n) is 4.18. The fourth-order valence-corrected chi connectivity index (χ4v) is 3.38. The van der Waals surface area contributed by atoms with Crippen LogP contribution < -0.4 is 14.8 Å². The smallest absolute Gasteiger partial charge is 0.280 e. The number of pyridine rings is 1. The molecule has 1 amide bonds. The molecule has 0 atom stereocenters. The van der Waals surface area contributed by atoms with E-state index in [0.29, 0.717) is 34.6 Å². The van der Waals surface area contributed by atoms with Crippen molar-refractivity contribution in [2.75, 3.05) is 14.2 Å². The second kappa shape index (κ2) is 8.70. The van der Waals surface area contributed by atoms with E-state index in [9.17, 15) is 4.79 Å². The summed E-state index contributed by atoms with van der Waals surface area (Å²) < 4.78 is 15.8. The number of methoxy groups -OCH3 is 2. The van der Waals surface area contributed by atoms with E-state index in [1.54, 1.807) is 50.2 Å². The van der Waals surface area contributed by atoms with Crippen LogP contribution in [0.25, 0.3) is 23.0 Å². The summed E-state index contributed by atoms with van der Waals surface area (Å²) in [4.78, 5) is 25.1. The van der Waals surface area contributed by atoms with E-state index in [0.717, 1.165) is 11.1 Å². The molecule has 1 N–H and O–H groups in total.